The van der Waals surface area contributed by atoms with Gasteiger partial charge < -0.3 is 5.32 Å². The van der Waals surface area contributed by atoms with Crippen LogP contribution < -0.4 is 5.32 Å². The number of aryl methyl sites for hydroxylation is 2. The highest BCUT2D eigenvalue weighted by Crippen LogP contribution is 2.23. The van der Waals surface area contributed by atoms with Crippen LogP contribution in [0.25, 0.3) is 0 Å². The molecule has 2 aromatic rings. The normalized spacial score (nSPS) is 10.2. The second-order valence-corrected chi connectivity index (χ2v) is 4.70. The van der Waals surface area contributed by atoms with Crippen molar-refractivity contribution in [1.82, 2.24) is 0 Å². The molecule has 0 aliphatic rings. The van der Waals surface area contributed by atoms with E-state index in [-0.39, 0.29) is 16.9 Å². The number of nitrogens with zero attached hydrogens (tertiary/aromatic N) is 1. The summed E-state index contributed by atoms with van der Waals surface area (Å²) >= 11 is 0. The summed E-state index contributed by atoms with van der Waals surface area (Å²) in [6, 6.07) is 8.51. The molecule has 21 heavy (non-hydrogen) atoms. The van der Waals surface area contributed by atoms with Gasteiger partial charge in [-0.05, 0) is 32.0 Å². The van der Waals surface area contributed by atoms with Crippen LogP contribution in [0.1, 0.15) is 21.5 Å². The third kappa shape index (κ3) is 3.22. The number of halogens is 1. The zero-order valence-corrected chi connectivity index (χ0v) is 11.5. The lowest BCUT2D eigenvalue weighted by Gasteiger charge is -2.07. The number of amides is 1. The van der Waals surface area contributed by atoms with E-state index in [4.69, 9.17) is 0 Å². The number of hydrogen-bond donors (Lipinski definition) is 1. The third-order valence-corrected chi connectivity index (χ3v) is 3.03. The lowest BCUT2D eigenvalue weighted by molar-refractivity contribution is -0.385. The van der Waals surface area contributed by atoms with E-state index in [1.165, 1.54) is 30.3 Å². The van der Waals surface area contributed by atoms with Crippen LogP contribution in [0.3, 0.4) is 0 Å². The van der Waals surface area contributed by atoms with E-state index in [2.05, 4.69) is 5.32 Å². The van der Waals surface area contributed by atoms with E-state index in [1.807, 2.05) is 0 Å². The largest absolute Gasteiger partial charge is 0.322 e. The van der Waals surface area contributed by atoms with E-state index >= 15 is 0 Å². The van der Waals surface area contributed by atoms with Crippen LogP contribution in [0.4, 0.5) is 15.8 Å². The quantitative estimate of drug-likeness (QED) is 0.692. The number of anilines is 1. The Balaban J connectivity index is 2.29. The minimum absolute atomic E-state index is 0.0989. The van der Waals surface area contributed by atoms with Crippen molar-refractivity contribution in [1.29, 1.82) is 0 Å². The van der Waals surface area contributed by atoms with Gasteiger partial charge >= 0.3 is 0 Å². The molecule has 1 N–H and O–H groups in total. The molecule has 0 radical (unpaired) electrons. The molecule has 0 aliphatic heterocycles. The van der Waals surface area contributed by atoms with Crippen molar-refractivity contribution < 1.29 is 14.1 Å². The summed E-state index contributed by atoms with van der Waals surface area (Å²) < 4.78 is 13.6. The van der Waals surface area contributed by atoms with Crippen molar-refractivity contribution in [2.75, 3.05) is 5.32 Å². The number of nitrogens with one attached hydrogen (secondary N) is 1. The first kappa shape index (κ1) is 14.6. The summed E-state index contributed by atoms with van der Waals surface area (Å²) in [5.74, 6) is -1.28. The molecule has 0 unspecified atom stereocenters. The fourth-order valence-corrected chi connectivity index (χ4v) is 1.90. The molecule has 2 aromatic carbocycles. The topological polar surface area (TPSA) is 72.2 Å². The minimum atomic E-state index is -0.644. The number of rotatable bonds is 3. The number of nitro benzene ring substituents is 1. The van der Waals surface area contributed by atoms with Crippen LogP contribution in [-0.2, 0) is 0 Å². The van der Waals surface area contributed by atoms with Crippen molar-refractivity contribution >= 4 is 17.3 Å². The Morgan fingerprint density at radius 3 is 2.57 bits per heavy atom. The maximum Gasteiger partial charge on any atom is 0.274 e. The first-order chi connectivity index (χ1) is 9.88. The molecule has 0 spiro atoms. The molecule has 6 heteroatoms. The van der Waals surface area contributed by atoms with E-state index < -0.39 is 16.6 Å². The predicted molar refractivity (Wildman–Crippen MR) is 76.9 cm³/mol. The number of nitro groups is 1. The highest BCUT2D eigenvalue weighted by Gasteiger charge is 2.15. The summed E-state index contributed by atoms with van der Waals surface area (Å²) in [6.07, 6.45) is 0. The van der Waals surface area contributed by atoms with Gasteiger partial charge in [0.1, 0.15) is 5.82 Å². The van der Waals surface area contributed by atoms with E-state index in [0.29, 0.717) is 5.56 Å². The minimum Gasteiger partial charge on any atom is -0.322 e. The highest BCUT2D eigenvalue weighted by molar-refractivity contribution is 6.04. The Hall–Kier alpha value is -2.76. The first-order valence-corrected chi connectivity index (χ1v) is 6.21. The molecule has 0 heterocycles. The third-order valence-electron chi connectivity index (χ3n) is 3.03. The molecule has 0 saturated heterocycles. The second-order valence-electron chi connectivity index (χ2n) is 4.70. The first-order valence-electron chi connectivity index (χ1n) is 6.21. The molecule has 0 saturated carbocycles. The number of carbonyl (C=O) groups excluding carboxylic acids is 1. The summed E-state index contributed by atoms with van der Waals surface area (Å²) in [6.45, 7) is 3.34. The van der Waals surface area contributed by atoms with Gasteiger partial charge in [-0.15, -0.1) is 0 Å². The van der Waals surface area contributed by atoms with Crippen molar-refractivity contribution in [3.8, 4) is 0 Å². The SMILES string of the molecule is Cc1ccc(F)c(C(=O)Nc2ccc(C)c([N+](=O)[O-])c2)c1. The van der Waals surface area contributed by atoms with E-state index in [9.17, 15) is 19.3 Å². The summed E-state index contributed by atoms with van der Waals surface area (Å²) in [4.78, 5) is 22.4. The van der Waals surface area contributed by atoms with Gasteiger partial charge in [-0.3, -0.25) is 14.9 Å². The molecule has 0 aromatic heterocycles. The zero-order chi connectivity index (χ0) is 15.6. The molecule has 108 valence electrons. The summed E-state index contributed by atoms with van der Waals surface area (Å²) in [5, 5.41) is 13.3. The second kappa shape index (κ2) is 5.70. The van der Waals surface area contributed by atoms with Crippen LogP contribution in [0, 0.1) is 29.8 Å². The average Bonchev–Trinajstić information content (AvgIpc) is 2.43. The lowest BCUT2D eigenvalue weighted by atomic mass is 10.1. The molecular formula is C15H13FN2O3. The fourth-order valence-electron chi connectivity index (χ4n) is 1.90. The lowest BCUT2D eigenvalue weighted by Crippen LogP contribution is -2.14. The molecule has 0 atom stereocenters. The standard InChI is InChI=1S/C15H13FN2O3/c1-9-3-6-13(16)12(7-9)15(19)17-11-5-4-10(2)14(8-11)18(20)21/h3-8H,1-2H3,(H,17,19). The summed E-state index contributed by atoms with van der Waals surface area (Å²) in [7, 11) is 0. The van der Waals surface area contributed by atoms with Gasteiger partial charge in [0.15, 0.2) is 0 Å². The molecule has 1 amide bonds. The smallest absolute Gasteiger partial charge is 0.274 e. The van der Waals surface area contributed by atoms with E-state index in [0.717, 1.165) is 5.56 Å². The fraction of sp³-hybridized carbons (Fsp3) is 0.133. The molecule has 2 rings (SSSR count). The Kier molecular flexibility index (Phi) is 3.98. The maximum atomic E-state index is 13.6. The van der Waals surface area contributed by atoms with Gasteiger partial charge in [-0.25, -0.2) is 4.39 Å². The van der Waals surface area contributed by atoms with Crippen molar-refractivity contribution in [2.24, 2.45) is 0 Å². The zero-order valence-electron chi connectivity index (χ0n) is 11.5. The molecule has 0 aliphatic carbocycles. The predicted octanol–water partition coefficient (Wildman–Crippen LogP) is 3.60. The van der Waals surface area contributed by atoms with Crippen LogP contribution in [0.2, 0.25) is 0 Å². The maximum absolute atomic E-state index is 13.6. The molecule has 0 bridgehead atoms. The Bertz CT molecular complexity index is 729. The van der Waals surface area contributed by atoms with Gasteiger partial charge in [-0.2, -0.15) is 0 Å². The van der Waals surface area contributed by atoms with Crippen LogP contribution in [0.15, 0.2) is 36.4 Å². The monoisotopic (exact) mass is 288 g/mol. The summed E-state index contributed by atoms with van der Waals surface area (Å²) in [5.41, 5.74) is 1.28. The van der Waals surface area contributed by atoms with Gasteiger partial charge in [0.2, 0.25) is 0 Å². The van der Waals surface area contributed by atoms with Crippen molar-refractivity contribution in [2.45, 2.75) is 13.8 Å². The number of hydrogen-bond acceptors (Lipinski definition) is 3. The van der Waals surface area contributed by atoms with Crippen molar-refractivity contribution in [3.63, 3.8) is 0 Å². The Morgan fingerprint density at radius 1 is 1.19 bits per heavy atom. The van der Waals surface area contributed by atoms with Crippen LogP contribution in [0.5, 0.6) is 0 Å². The van der Waals surface area contributed by atoms with Gasteiger partial charge in [-0.1, -0.05) is 17.7 Å². The molecule has 0 fully saturated rings. The molecular weight excluding hydrogens is 275 g/mol. The van der Waals surface area contributed by atoms with E-state index in [1.54, 1.807) is 19.9 Å². The van der Waals surface area contributed by atoms with Crippen LogP contribution >= 0.6 is 0 Å². The number of benzene rings is 2. The molecule has 5 nitrogen and oxygen atoms in total. The van der Waals surface area contributed by atoms with Crippen molar-refractivity contribution in [3.05, 3.63) is 69.0 Å². The highest BCUT2D eigenvalue weighted by atomic mass is 19.1. The van der Waals surface area contributed by atoms with Crippen LogP contribution in [-0.4, -0.2) is 10.8 Å². The Morgan fingerprint density at radius 2 is 1.90 bits per heavy atom. The average molecular weight is 288 g/mol. The number of carbonyl (C=O) groups is 1. The van der Waals surface area contributed by atoms with Gasteiger partial charge in [0.25, 0.3) is 11.6 Å². The van der Waals surface area contributed by atoms with Gasteiger partial charge in [0.05, 0.1) is 10.5 Å². The Labute approximate surface area is 120 Å². The van der Waals surface area contributed by atoms with Gasteiger partial charge in [0, 0.05) is 17.3 Å².